The number of hydrogen-bond acceptors (Lipinski definition) is 6. The summed E-state index contributed by atoms with van der Waals surface area (Å²) in [5, 5.41) is 6.42. The molecule has 3 aromatic rings. The van der Waals surface area contributed by atoms with Crippen molar-refractivity contribution in [2.75, 3.05) is 13.2 Å². The van der Waals surface area contributed by atoms with Crippen molar-refractivity contribution in [2.45, 2.75) is 57.7 Å². The Bertz CT molecular complexity index is 1180. The van der Waals surface area contributed by atoms with E-state index in [-0.39, 0.29) is 41.0 Å². The molecule has 1 aliphatic rings. The fourth-order valence-electron chi connectivity index (χ4n) is 4.29. The molecule has 0 radical (unpaired) electrons. The molecule has 2 aromatic heterocycles. The van der Waals surface area contributed by atoms with E-state index in [1.165, 1.54) is 17.8 Å². The highest BCUT2D eigenvalue weighted by molar-refractivity contribution is 5.95. The van der Waals surface area contributed by atoms with Gasteiger partial charge in [-0.3, -0.25) is 14.5 Å². The summed E-state index contributed by atoms with van der Waals surface area (Å²) in [6, 6.07) is 0.743. The number of H-pyrrole nitrogens is 1. The number of carbonyl (C=O) groups excluding carboxylic acids is 1. The maximum absolute atomic E-state index is 14.8. The Morgan fingerprint density at radius 2 is 1.92 bits per heavy atom. The predicted octanol–water partition coefficient (Wildman–Crippen LogP) is 4.83. The van der Waals surface area contributed by atoms with E-state index in [0.29, 0.717) is 37.5 Å². The van der Waals surface area contributed by atoms with Gasteiger partial charge in [0.05, 0.1) is 17.9 Å². The molecule has 8 nitrogen and oxygen atoms in total. The van der Waals surface area contributed by atoms with Gasteiger partial charge in [-0.05, 0) is 31.6 Å². The maximum Gasteiger partial charge on any atom is 0.297 e. The third-order valence-corrected chi connectivity index (χ3v) is 6.19. The molecule has 0 unspecified atom stereocenters. The van der Waals surface area contributed by atoms with Crippen molar-refractivity contribution in [2.24, 2.45) is 13.0 Å². The van der Waals surface area contributed by atoms with Crippen molar-refractivity contribution in [3.8, 4) is 11.8 Å². The Hall–Kier alpha value is -3.15. The molecule has 36 heavy (non-hydrogen) atoms. The second-order valence-corrected chi connectivity index (χ2v) is 9.09. The minimum Gasteiger partial charge on any atom is -0.484 e. The van der Waals surface area contributed by atoms with E-state index >= 15 is 0 Å². The van der Waals surface area contributed by atoms with Crippen LogP contribution in [0.3, 0.4) is 0 Å². The number of aryl methyl sites for hydroxylation is 1. The van der Waals surface area contributed by atoms with Gasteiger partial charge in [0.1, 0.15) is 23.7 Å². The fraction of sp³-hybridized carbons (Fsp3) is 0.542. The number of nitrogens with zero attached hydrogens (tertiary/aromatic N) is 3. The monoisotopic (exact) mass is 512 g/mol. The normalized spacial score (nSPS) is 19.1. The zero-order chi connectivity index (χ0) is 25.8. The van der Waals surface area contributed by atoms with Crippen LogP contribution in [0.25, 0.3) is 11.0 Å². The number of ether oxygens (including phenoxy) is 3. The molecule has 0 bridgehead atoms. The molecule has 0 amide bonds. The first kappa shape index (κ1) is 25.9. The average Bonchev–Trinajstić information content (AvgIpc) is 3.49. The molecule has 12 heteroatoms. The van der Waals surface area contributed by atoms with Gasteiger partial charge in [0, 0.05) is 32.3 Å². The zero-order valence-corrected chi connectivity index (χ0v) is 20.0. The number of ketones is 1. The molecule has 1 fully saturated rings. The van der Waals surface area contributed by atoms with E-state index in [9.17, 15) is 22.4 Å². The van der Waals surface area contributed by atoms with Gasteiger partial charge < -0.3 is 14.2 Å². The molecule has 4 rings (SSSR count). The van der Waals surface area contributed by atoms with Gasteiger partial charge in [-0.2, -0.15) is 10.1 Å². The van der Waals surface area contributed by atoms with Crippen LogP contribution in [0.1, 0.15) is 49.4 Å². The van der Waals surface area contributed by atoms with Crippen LogP contribution in [0.15, 0.2) is 18.5 Å². The van der Waals surface area contributed by atoms with Crippen molar-refractivity contribution in [3.05, 3.63) is 35.7 Å². The molecule has 0 spiro atoms. The molecule has 1 atom stereocenters. The van der Waals surface area contributed by atoms with Crippen LogP contribution < -0.4 is 9.47 Å². The molecule has 2 heterocycles. The van der Waals surface area contributed by atoms with Crippen LogP contribution in [0.4, 0.5) is 17.6 Å². The van der Waals surface area contributed by atoms with E-state index in [0.717, 1.165) is 12.8 Å². The lowest BCUT2D eigenvalue weighted by Gasteiger charge is -2.29. The Morgan fingerprint density at radius 1 is 1.19 bits per heavy atom. The number of rotatable bonds is 11. The first-order chi connectivity index (χ1) is 17.2. The number of nitrogens with one attached hydrogen (secondary N) is 1. The van der Waals surface area contributed by atoms with Crippen molar-refractivity contribution in [1.29, 1.82) is 0 Å². The summed E-state index contributed by atoms with van der Waals surface area (Å²) in [7, 11) is 1.46. The number of hydrogen-bond donors (Lipinski definition) is 1. The van der Waals surface area contributed by atoms with Crippen LogP contribution in [-0.4, -0.2) is 57.4 Å². The van der Waals surface area contributed by atoms with Crippen LogP contribution in [0.5, 0.6) is 11.8 Å². The summed E-state index contributed by atoms with van der Waals surface area (Å²) in [4.78, 5) is 16.3. The smallest absolute Gasteiger partial charge is 0.297 e. The van der Waals surface area contributed by atoms with Crippen molar-refractivity contribution in [1.82, 2.24) is 19.7 Å². The highest BCUT2D eigenvalue weighted by atomic mass is 19.3. The van der Waals surface area contributed by atoms with E-state index in [2.05, 4.69) is 15.2 Å². The Kier molecular flexibility index (Phi) is 8.12. The van der Waals surface area contributed by atoms with Gasteiger partial charge in [0.25, 0.3) is 12.4 Å². The Labute approximate surface area is 204 Å². The molecule has 196 valence electrons. The van der Waals surface area contributed by atoms with Crippen LogP contribution in [0, 0.1) is 17.6 Å². The predicted molar refractivity (Wildman–Crippen MR) is 121 cm³/mol. The number of carbonyl (C=O) groups is 1. The Balaban J connectivity index is 1.30. The van der Waals surface area contributed by atoms with E-state index < -0.39 is 30.4 Å². The zero-order valence-electron chi connectivity index (χ0n) is 20.0. The first-order valence-electron chi connectivity index (χ1n) is 11.8. The van der Waals surface area contributed by atoms with Gasteiger partial charge in [-0.15, -0.1) is 0 Å². The van der Waals surface area contributed by atoms with Crippen LogP contribution >= 0.6 is 0 Å². The summed E-state index contributed by atoms with van der Waals surface area (Å²) >= 11 is 0. The second kappa shape index (κ2) is 11.3. The first-order valence-corrected chi connectivity index (χ1v) is 11.8. The van der Waals surface area contributed by atoms with Gasteiger partial charge in [-0.1, -0.05) is 6.92 Å². The fourth-order valence-corrected chi connectivity index (χ4v) is 4.29. The molecule has 0 saturated heterocycles. The molecule has 1 saturated carbocycles. The minimum atomic E-state index is -2.82. The number of aromatic nitrogens is 4. The van der Waals surface area contributed by atoms with Crippen molar-refractivity contribution < 1.29 is 36.6 Å². The molecule has 0 aliphatic heterocycles. The van der Waals surface area contributed by atoms with Gasteiger partial charge in [-0.25, -0.2) is 17.6 Å². The average molecular weight is 513 g/mol. The summed E-state index contributed by atoms with van der Waals surface area (Å²) in [5.41, 5.74) is 0.0775. The molecular weight excluding hydrogens is 484 g/mol. The van der Waals surface area contributed by atoms with Crippen molar-refractivity contribution >= 4 is 16.8 Å². The number of alkyl halides is 2. The highest BCUT2D eigenvalue weighted by Gasteiger charge is 2.27. The summed E-state index contributed by atoms with van der Waals surface area (Å²) in [5.74, 6) is -2.40. The molecule has 1 N–H and O–H groups in total. The third-order valence-electron chi connectivity index (χ3n) is 6.19. The second-order valence-electron chi connectivity index (χ2n) is 9.09. The number of benzene rings is 1. The number of aromatic amines is 1. The largest absolute Gasteiger partial charge is 0.484 e. The SMILES string of the molecule is C[C@@H](COC1CCC(Oc2nc3c(F)cc(OCC(F)F)c(F)c3n2C)CC1)CC(=O)c1cn[nH]c1. The highest BCUT2D eigenvalue weighted by Crippen LogP contribution is 2.33. The number of imidazole rings is 1. The lowest BCUT2D eigenvalue weighted by Crippen LogP contribution is -2.30. The van der Waals surface area contributed by atoms with E-state index in [1.807, 2.05) is 6.92 Å². The minimum absolute atomic E-state index is 0.0139. The van der Waals surface area contributed by atoms with Crippen LogP contribution in [0.2, 0.25) is 0 Å². The number of fused-ring (bicyclic) bond motifs is 1. The molecular formula is C24H28F4N4O4. The lowest BCUT2D eigenvalue weighted by atomic mass is 9.94. The Morgan fingerprint density at radius 3 is 2.58 bits per heavy atom. The lowest BCUT2D eigenvalue weighted by molar-refractivity contribution is -0.0126. The number of Topliss-reactive ketones (excluding diaryl/α,β-unsaturated/α-hetero) is 1. The van der Waals surface area contributed by atoms with Gasteiger partial charge >= 0.3 is 0 Å². The number of halogens is 4. The molecule has 1 aliphatic carbocycles. The maximum atomic E-state index is 14.8. The van der Waals surface area contributed by atoms with E-state index in [4.69, 9.17) is 14.2 Å². The summed E-state index contributed by atoms with van der Waals surface area (Å²) in [6.07, 6.45) is 3.20. The van der Waals surface area contributed by atoms with Gasteiger partial charge in [0.2, 0.25) is 0 Å². The summed E-state index contributed by atoms with van der Waals surface area (Å²) in [6.45, 7) is 1.37. The quantitative estimate of drug-likeness (QED) is 0.292. The van der Waals surface area contributed by atoms with Gasteiger partial charge in [0.15, 0.2) is 23.2 Å². The topological polar surface area (TPSA) is 91.3 Å². The van der Waals surface area contributed by atoms with Crippen LogP contribution in [-0.2, 0) is 11.8 Å². The summed E-state index contributed by atoms with van der Waals surface area (Å²) < 4.78 is 72.0. The van der Waals surface area contributed by atoms with E-state index in [1.54, 1.807) is 6.20 Å². The van der Waals surface area contributed by atoms with Crippen molar-refractivity contribution in [3.63, 3.8) is 0 Å². The third kappa shape index (κ3) is 5.97. The molecule has 1 aromatic carbocycles. The standard InChI is InChI=1S/C24H28F4N4O4/c1-13(7-18(33)14-9-29-30-10-14)11-34-15-3-5-16(6-4-15)36-24-31-22-17(25)8-19(35-12-20(26)27)21(28)23(22)32(24)2/h8-10,13,15-16,20H,3-7,11-12H2,1-2H3,(H,29,30)/t13-,15?,16?/m1/s1.